The summed E-state index contributed by atoms with van der Waals surface area (Å²) in [6, 6.07) is 0. The second-order valence-corrected chi connectivity index (χ2v) is 9.35. The number of alkyl halides is 3. The standard InChI is InChI=1S/C7H14F3O12P3/c1-4-2-5(11)6(20-4,7(8,9)10)3-19-24(15,16)22-25(17,18)21-23(12,13)14/h4-5,11H,2-3H2,1H3,(H,15,16)(H,17,18)(H2,12,13,14)/t4-,5?,6+/m0/s1. The maximum Gasteiger partial charge on any atom is 0.490 e. The van der Waals surface area contributed by atoms with Crippen LogP contribution in [0, 0.1) is 0 Å². The van der Waals surface area contributed by atoms with Gasteiger partial charge in [-0.3, -0.25) is 4.52 Å². The van der Waals surface area contributed by atoms with E-state index in [4.69, 9.17) is 14.7 Å². The molecule has 1 fully saturated rings. The molecule has 0 aromatic heterocycles. The Morgan fingerprint density at radius 1 is 1.12 bits per heavy atom. The molecule has 0 saturated carbocycles. The molecule has 3 unspecified atom stereocenters. The summed E-state index contributed by atoms with van der Waals surface area (Å²) < 4.78 is 87.7. The molecule has 5 N–H and O–H groups in total. The molecule has 25 heavy (non-hydrogen) atoms. The smallest absolute Gasteiger partial charge is 0.390 e. The maximum absolute atomic E-state index is 13.2. The lowest BCUT2D eigenvalue weighted by molar-refractivity contribution is -0.297. The van der Waals surface area contributed by atoms with Crippen molar-refractivity contribution < 1.29 is 69.4 Å². The van der Waals surface area contributed by atoms with E-state index in [0.717, 1.165) is 0 Å². The highest BCUT2D eigenvalue weighted by Crippen LogP contribution is 2.66. The number of rotatable bonds is 7. The predicted octanol–water partition coefficient (Wildman–Crippen LogP) is 0.800. The molecule has 0 spiro atoms. The number of phosphoric acid groups is 3. The fourth-order valence-corrected chi connectivity index (χ4v) is 4.99. The van der Waals surface area contributed by atoms with E-state index >= 15 is 0 Å². The van der Waals surface area contributed by atoms with Crippen LogP contribution in [0.25, 0.3) is 0 Å². The lowest BCUT2D eigenvalue weighted by atomic mass is 9.97. The van der Waals surface area contributed by atoms with Crippen molar-refractivity contribution in [1.82, 2.24) is 0 Å². The van der Waals surface area contributed by atoms with Crippen molar-refractivity contribution in [2.75, 3.05) is 6.61 Å². The minimum Gasteiger partial charge on any atom is -0.390 e. The van der Waals surface area contributed by atoms with Gasteiger partial charge in [-0.05, 0) is 6.92 Å². The first-order valence-corrected chi connectivity index (χ1v) is 10.6. The van der Waals surface area contributed by atoms with Crippen LogP contribution in [-0.4, -0.2) is 55.3 Å². The molecule has 1 saturated heterocycles. The highest BCUT2D eigenvalue weighted by Gasteiger charge is 2.65. The van der Waals surface area contributed by atoms with Crippen molar-refractivity contribution in [3.05, 3.63) is 0 Å². The zero-order chi connectivity index (χ0) is 19.9. The van der Waals surface area contributed by atoms with Crippen LogP contribution in [0.4, 0.5) is 13.2 Å². The molecule has 0 aromatic rings. The average molecular weight is 440 g/mol. The van der Waals surface area contributed by atoms with E-state index in [2.05, 4.69) is 17.9 Å². The van der Waals surface area contributed by atoms with Gasteiger partial charge in [-0.25, -0.2) is 13.7 Å². The maximum atomic E-state index is 13.2. The van der Waals surface area contributed by atoms with Crippen molar-refractivity contribution in [2.45, 2.75) is 37.3 Å². The topological polar surface area (TPSA) is 189 Å². The molecule has 0 aromatic carbocycles. The SMILES string of the molecule is C[C@H]1CC(O)[C@](COP(=O)(O)OP(=O)(O)OP(=O)(O)O)(C(F)(F)F)O1. The Hall–Kier alpha value is 0.120. The molecule has 12 nitrogen and oxygen atoms in total. The molecule has 18 heteroatoms. The Morgan fingerprint density at radius 2 is 1.64 bits per heavy atom. The second-order valence-electron chi connectivity index (χ2n) is 4.93. The number of phosphoric ester groups is 1. The first-order chi connectivity index (χ1) is 10.9. The van der Waals surface area contributed by atoms with Gasteiger partial charge in [-0.1, -0.05) is 0 Å². The highest BCUT2D eigenvalue weighted by molar-refractivity contribution is 7.66. The van der Waals surface area contributed by atoms with Crippen LogP contribution in [0.1, 0.15) is 13.3 Å². The fraction of sp³-hybridized carbons (Fsp3) is 1.00. The molecule has 1 aliphatic rings. The zero-order valence-electron chi connectivity index (χ0n) is 12.1. The lowest BCUT2D eigenvalue weighted by Crippen LogP contribution is -2.56. The third kappa shape index (κ3) is 6.35. The van der Waals surface area contributed by atoms with Crippen molar-refractivity contribution in [3.8, 4) is 0 Å². The Labute approximate surface area is 137 Å². The summed E-state index contributed by atoms with van der Waals surface area (Å²) in [5, 5.41) is 9.56. The van der Waals surface area contributed by atoms with Crippen LogP contribution >= 0.6 is 23.5 Å². The molecule has 1 aliphatic heterocycles. The largest absolute Gasteiger partial charge is 0.490 e. The molecule has 150 valence electrons. The Morgan fingerprint density at radius 3 is 2.00 bits per heavy atom. The van der Waals surface area contributed by atoms with Crippen LogP contribution in [-0.2, 0) is 31.6 Å². The summed E-state index contributed by atoms with van der Waals surface area (Å²) in [6.07, 6.45) is -9.03. The van der Waals surface area contributed by atoms with Crippen LogP contribution < -0.4 is 0 Å². The molecule has 5 atom stereocenters. The molecule has 0 aliphatic carbocycles. The second kappa shape index (κ2) is 7.27. The van der Waals surface area contributed by atoms with Crippen LogP contribution in [0.2, 0.25) is 0 Å². The quantitative estimate of drug-likeness (QED) is 0.351. The Kier molecular flexibility index (Phi) is 6.73. The number of halogens is 3. The Balaban J connectivity index is 2.91. The summed E-state index contributed by atoms with van der Waals surface area (Å²) >= 11 is 0. The predicted molar refractivity (Wildman–Crippen MR) is 69.8 cm³/mol. The summed E-state index contributed by atoms with van der Waals surface area (Å²) in [6.45, 7) is -0.632. The zero-order valence-corrected chi connectivity index (χ0v) is 14.8. The summed E-state index contributed by atoms with van der Waals surface area (Å²) in [5.74, 6) is 0. The number of hydrogen-bond acceptors (Lipinski definition) is 8. The molecule has 1 rings (SSSR count). The summed E-state index contributed by atoms with van der Waals surface area (Å²) in [4.78, 5) is 34.7. The van der Waals surface area contributed by atoms with Gasteiger partial charge >= 0.3 is 29.6 Å². The van der Waals surface area contributed by atoms with Crippen molar-refractivity contribution in [2.24, 2.45) is 0 Å². The van der Waals surface area contributed by atoms with Crippen LogP contribution in [0.15, 0.2) is 0 Å². The first kappa shape index (κ1) is 23.2. The normalized spacial score (nSPS) is 33.0. The third-order valence-electron chi connectivity index (χ3n) is 2.84. The van der Waals surface area contributed by atoms with Gasteiger partial charge in [0, 0.05) is 6.42 Å². The Bertz CT molecular complexity index is 632. The molecule has 0 amide bonds. The van der Waals surface area contributed by atoms with Crippen LogP contribution in [0.5, 0.6) is 0 Å². The highest BCUT2D eigenvalue weighted by atomic mass is 31.3. The summed E-state index contributed by atoms with van der Waals surface area (Å²) in [7, 11) is -17.3. The molecular weight excluding hydrogens is 426 g/mol. The molecule has 1 heterocycles. The number of ether oxygens (including phenoxy) is 1. The molecular formula is C7H14F3O12P3. The van der Waals surface area contributed by atoms with Gasteiger partial charge in [0.2, 0.25) is 5.60 Å². The van der Waals surface area contributed by atoms with Gasteiger partial charge in [-0.2, -0.15) is 21.8 Å². The summed E-state index contributed by atoms with van der Waals surface area (Å²) in [5.41, 5.74) is -3.42. The van der Waals surface area contributed by atoms with Gasteiger partial charge in [0.15, 0.2) is 0 Å². The van der Waals surface area contributed by atoms with E-state index in [9.17, 15) is 36.9 Å². The van der Waals surface area contributed by atoms with E-state index in [0.29, 0.717) is 0 Å². The van der Waals surface area contributed by atoms with E-state index in [1.807, 2.05) is 0 Å². The lowest BCUT2D eigenvalue weighted by Gasteiger charge is -2.33. The van der Waals surface area contributed by atoms with Crippen molar-refractivity contribution in [3.63, 3.8) is 0 Å². The van der Waals surface area contributed by atoms with E-state index in [1.54, 1.807) is 0 Å². The van der Waals surface area contributed by atoms with Crippen molar-refractivity contribution >= 4 is 23.5 Å². The number of aliphatic hydroxyl groups excluding tert-OH is 1. The first-order valence-electron chi connectivity index (χ1n) is 6.10. The van der Waals surface area contributed by atoms with Gasteiger partial charge in [0.05, 0.1) is 18.8 Å². The minimum absolute atomic E-state index is 0.487. The molecule has 0 bridgehead atoms. The van der Waals surface area contributed by atoms with Gasteiger partial charge in [0.25, 0.3) is 0 Å². The third-order valence-corrected chi connectivity index (χ3v) is 6.63. The van der Waals surface area contributed by atoms with E-state index in [-0.39, 0.29) is 0 Å². The van der Waals surface area contributed by atoms with Gasteiger partial charge in [0.1, 0.15) is 0 Å². The van der Waals surface area contributed by atoms with Gasteiger partial charge < -0.3 is 29.4 Å². The number of aliphatic hydroxyl groups is 1. The minimum atomic E-state index is -5.87. The fourth-order valence-electron chi connectivity index (χ4n) is 1.94. The van der Waals surface area contributed by atoms with E-state index < -0.39 is 60.5 Å². The number of hydrogen-bond donors (Lipinski definition) is 5. The average Bonchev–Trinajstić information content (AvgIpc) is 2.56. The molecule has 0 radical (unpaired) electrons. The van der Waals surface area contributed by atoms with Crippen LogP contribution in [0.3, 0.4) is 0 Å². The monoisotopic (exact) mass is 440 g/mol. The van der Waals surface area contributed by atoms with E-state index in [1.165, 1.54) is 6.92 Å². The van der Waals surface area contributed by atoms with Gasteiger partial charge in [-0.15, -0.1) is 0 Å². The van der Waals surface area contributed by atoms with Crippen molar-refractivity contribution in [1.29, 1.82) is 0 Å².